The molecule has 0 N–H and O–H groups in total. The maximum Gasteiger partial charge on any atom is 0.338 e. The van der Waals surface area contributed by atoms with Crippen molar-refractivity contribution in [1.82, 2.24) is 4.90 Å². The van der Waals surface area contributed by atoms with E-state index in [1.54, 1.807) is 38.2 Å². The highest BCUT2D eigenvalue weighted by molar-refractivity contribution is 14.1. The van der Waals surface area contributed by atoms with Crippen LogP contribution in [0.1, 0.15) is 35.3 Å². The van der Waals surface area contributed by atoms with E-state index in [4.69, 9.17) is 14.2 Å². The average molecular weight is 693 g/mol. The van der Waals surface area contributed by atoms with Crippen LogP contribution in [0.25, 0.3) is 16.8 Å². The number of likely N-dealkylation sites (N-methyl/N-ethyl adjacent to an activating group) is 1. The number of nitrogens with zero attached hydrogens (tertiary/aromatic N) is 2. The number of amides is 1. The number of fused-ring (bicyclic) bond motifs is 1. The summed E-state index contributed by atoms with van der Waals surface area (Å²) in [6.45, 7) is 4.88. The summed E-state index contributed by atoms with van der Waals surface area (Å²) >= 11 is 3.54. The van der Waals surface area contributed by atoms with Crippen molar-refractivity contribution < 1.29 is 23.8 Å². The van der Waals surface area contributed by atoms with Crippen LogP contribution in [0.2, 0.25) is 0 Å². The van der Waals surface area contributed by atoms with Crippen LogP contribution in [0.15, 0.2) is 88.8 Å². The number of carbonyl (C=O) groups is 2. The fourth-order valence-electron chi connectivity index (χ4n) is 4.44. The van der Waals surface area contributed by atoms with Gasteiger partial charge in [-0.1, -0.05) is 42.5 Å². The molecule has 1 heterocycles. The molecule has 1 saturated heterocycles. The van der Waals surface area contributed by atoms with E-state index < -0.39 is 0 Å². The van der Waals surface area contributed by atoms with E-state index in [1.807, 2.05) is 43.3 Å². The van der Waals surface area contributed by atoms with Crippen molar-refractivity contribution in [1.29, 1.82) is 0 Å². The molecule has 0 unspecified atom stereocenters. The Morgan fingerprint density at radius 1 is 0.976 bits per heavy atom. The average Bonchev–Trinajstić information content (AvgIpc) is 3.24. The molecular weight excluding hydrogens is 663 g/mol. The summed E-state index contributed by atoms with van der Waals surface area (Å²) in [4.78, 5) is 31.7. The zero-order valence-corrected chi connectivity index (χ0v) is 26.4. The molecule has 0 atom stereocenters. The minimum atomic E-state index is -0.379. The summed E-state index contributed by atoms with van der Waals surface area (Å²) < 4.78 is 18.2. The lowest BCUT2D eigenvalue weighted by Crippen LogP contribution is -2.23. The van der Waals surface area contributed by atoms with Crippen LogP contribution in [0.5, 0.6) is 11.5 Å². The highest BCUT2D eigenvalue weighted by atomic mass is 127. The van der Waals surface area contributed by atoms with Gasteiger partial charge in [-0.2, -0.15) is 0 Å². The van der Waals surface area contributed by atoms with Crippen molar-refractivity contribution in [2.75, 3.05) is 20.3 Å². The second-order valence-corrected chi connectivity index (χ2v) is 11.5. The Morgan fingerprint density at radius 3 is 2.50 bits per heavy atom. The van der Waals surface area contributed by atoms with E-state index in [1.165, 1.54) is 22.0 Å². The molecule has 5 rings (SSSR count). The number of hydrogen-bond donors (Lipinski definition) is 0. The van der Waals surface area contributed by atoms with Gasteiger partial charge in [-0.15, -0.1) is 0 Å². The van der Waals surface area contributed by atoms with Crippen LogP contribution in [-0.4, -0.2) is 42.2 Å². The molecule has 1 aliphatic heterocycles. The van der Waals surface area contributed by atoms with E-state index in [0.29, 0.717) is 52.6 Å². The van der Waals surface area contributed by atoms with E-state index in [2.05, 4.69) is 51.8 Å². The number of thioether (sulfide) groups is 1. The largest absolute Gasteiger partial charge is 0.490 e. The molecule has 1 aliphatic rings. The highest BCUT2D eigenvalue weighted by Crippen LogP contribution is 2.38. The van der Waals surface area contributed by atoms with Gasteiger partial charge in [0, 0.05) is 7.05 Å². The number of amidine groups is 1. The fourth-order valence-corrected chi connectivity index (χ4v) is 6.21. The second-order valence-electron chi connectivity index (χ2n) is 9.33. The third kappa shape index (κ3) is 6.63. The number of carbonyl (C=O) groups excluding carboxylic acids is 2. The molecule has 1 fully saturated rings. The Morgan fingerprint density at radius 2 is 1.74 bits per heavy atom. The molecule has 0 aromatic heterocycles. The van der Waals surface area contributed by atoms with Gasteiger partial charge in [-0.3, -0.25) is 9.69 Å². The van der Waals surface area contributed by atoms with Crippen LogP contribution < -0.4 is 9.47 Å². The van der Waals surface area contributed by atoms with E-state index in [0.717, 1.165) is 20.1 Å². The van der Waals surface area contributed by atoms with Gasteiger partial charge >= 0.3 is 5.97 Å². The van der Waals surface area contributed by atoms with Crippen LogP contribution in [0.4, 0.5) is 5.69 Å². The summed E-state index contributed by atoms with van der Waals surface area (Å²) in [5, 5.41) is 2.87. The van der Waals surface area contributed by atoms with E-state index >= 15 is 0 Å². The van der Waals surface area contributed by atoms with Crippen LogP contribution in [-0.2, 0) is 16.1 Å². The topological polar surface area (TPSA) is 77.4 Å². The number of benzene rings is 4. The predicted molar refractivity (Wildman–Crippen MR) is 176 cm³/mol. The minimum absolute atomic E-state index is 0.147. The van der Waals surface area contributed by atoms with Gasteiger partial charge < -0.3 is 14.2 Å². The molecule has 9 heteroatoms. The molecule has 42 heavy (non-hydrogen) atoms. The predicted octanol–water partition coefficient (Wildman–Crippen LogP) is 7.83. The standard InChI is InChI=1S/C33H29IN2O5S/c1-4-39-28-18-21(17-27(34)30(28)41-20-24-11-8-10-22-9-6-7-12-26(22)24)19-29-31(37)36(3)33(42-29)35-25-15-13-23(14-16-25)32(38)40-5-2/h6-19H,4-5,20H2,1-3H3/b29-19-,35-33?. The number of esters is 1. The molecule has 7 nitrogen and oxygen atoms in total. The van der Waals surface area contributed by atoms with E-state index in [9.17, 15) is 9.59 Å². The molecule has 0 radical (unpaired) electrons. The molecule has 0 bridgehead atoms. The van der Waals surface area contributed by atoms with Crippen molar-refractivity contribution in [2.45, 2.75) is 20.5 Å². The minimum Gasteiger partial charge on any atom is -0.490 e. The van der Waals surface area contributed by atoms with Gasteiger partial charge in [-0.05, 0) is 113 Å². The first-order valence-electron chi connectivity index (χ1n) is 13.5. The molecule has 4 aromatic rings. The zero-order chi connectivity index (χ0) is 29.6. The van der Waals surface area contributed by atoms with Crippen molar-refractivity contribution in [2.24, 2.45) is 4.99 Å². The normalized spacial score (nSPS) is 15.0. The number of aliphatic imine (C=N–C) groups is 1. The summed E-state index contributed by atoms with van der Waals surface area (Å²) in [5.41, 5.74) is 3.00. The van der Waals surface area contributed by atoms with Gasteiger partial charge in [0.05, 0.1) is 32.9 Å². The molecule has 1 amide bonds. The lowest BCUT2D eigenvalue weighted by Gasteiger charge is -2.16. The summed E-state index contributed by atoms with van der Waals surface area (Å²) in [7, 11) is 1.70. The lowest BCUT2D eigenvalue weighted by atomic mass is 10.1. The Hall–Kier alpha value is -3.83. The molecule has 0 saturated carbocycles. The molecular formula is C33H29IN2O5S. The number of ether oxygens (including phenoxy) is 3. The first-order chi connectivity index (χ1) is 20.4. The summed E-state index contributed by atoms with van der Waals surface area (Å²) in [6.07, 6.45) is 1.84. The molecule has 4 aromatic carbocycles. The fraction of sp³-hybridized carbons (Fsp3) is 0.182. The first-order valence-corrected chi connectivity index (χ1v) is 15.4. The number of rotatable bonds is 9. The van der Waals surface area contributed by atoms with Crippen molar-refractivity contribution in [3.63, 3.8) is 0 Å². The quantitative estimate of drug-likeness (QED) is 0.101. The van der Waals surface area contributed by atoms with Crippen molar-refractivity contribution in [3.8, 4) is 11.5 Å². The third-order valence-electron chi connectivity index (χ3n) is 6.49. The van der Waals surface area contributed by atoms with Crippen molar-refractivity contribution in [3.05, 3.63) is 104 Å². The third-order valence-corrected chi connectivity index (χ3v) is 8.35. The Kier molecular flexibility index (Phi) is 9.48. The van der Waals surface area contributed by atoms with Gasteiger partial charge in [0.15, 0.2) is 16.7 Å². The molecule has 214 valence electrons. The molecule has 0 aliphatic carbocycles. The number of halogens is 1. The molecule has 0 spiro atoms. The maximum atomic E-state index is 13.1. The van der Waals surface area contributed by atoms with Gasteiger partial charge in [-0.25, -0.2) is 9.79 Å². The summed E-state index contributed by atoms with van der Waals surface area (Å²) in [5.74, 6) is 0.765. The Bertz CT molecular complexity index is 1700. The zero-order valence-electron chi connectivity index (χ0n) is 23.4. The first kappa shape index (κ1) is 29.7. The van der Waals surface area contributed by atoms with Crippen LogP contribution in [0.3, 0.4) is 0 Å². The SMILES string of the molecule is CCOC(=O)c1ccc(N=C2S/C(=C\c3cc(I)c(OCc4cccc5ccccc45)c(OCC)c3)C(=O)N2C)cc1. The van der Waals surface area contributed by atoms with Crippen LogP contribution in [0, 0.1) is 3.57 Å². The highest BCUT2D eigenvalue weighted by Gasteiger charge is 2.30. The van der Waals surface area contributed by atoms with Gasteiger partial charge in [0.2, 0.25) is 0 Å². The Labute approximate surface area is 262 Å². The Balaban J connectivity index is 1.37. The van der Waals surface area contributed by atoms with Gasteiger partial charge in [0.25, 0.3) is 5.91 Å². The van der Waals surface area contributed by atoms with Crippen LogP contribution >= 0.6 is 34.4 Å². The van der Waals surface area contributed by atoms with Gasteiger partial charge in [0.1, 0.15) is 6.61 Å². The van der Waals surface area contributed by atoms with E-state index in [-0.39, 0.29) is 11.9 Å². The lowest BCUT2D eigenvalue weighted by molar-refractivity contribution is -0.121. The van der Waals surface area contributed by atoms with Crippen molar-refractivity contribution >= 4 is 73.9 Å². The second kappa shape index (κ2) is 13.4. The monoisotopic (exact) mass is 692 g/mol. The summed E-state index contributed by atoms with van der Waals surface area (Å²) in [6, 6.07) is 25.1. The smallest absolute Gasteiger partial charge is 0.338 e. The number of hydrogen-bond acceptors (Lipinski definition) is 7. The maximum absolute atomic E-state index is 13.1.